The van der Waals surface area contributed by atoms with Crippen LogP contribution in [0.4, 0.5) is 20.4 Å². The number of halogens is 2. The zero-order valence-electron chi connectivity index (χ0n) is 18.0. The minimum absolute atomic E-state index is 0.0679. The maximum atomic E-state index is 13.7. The second-order valence-electron chi connectivity index (χ2n) is 8.00. The van der Waals surface area contributed by atoms with E-state index in [-0.39, 0.29) is 49.0 Å². The van der Waals surface area contributed by atoms with Crippen molar-refractivity contribution in [1.82, 2.24) is 19.9 Å². The molecule has 0 radical (unpaired) electrons. The van der Waals surface area contributed by atoms with Crippen molar-refractivity contribution < 1.29 is 18.7 Å². The monoisotopic (exact) mass is 453 g/mol. The van der Waals surface area contributed by atoms with E-state index < -0.39 is 17.9 Å². The Labute approximate surface area is 188 Å². The number of rotatable bonds is 5. The third-order valence-corrected chi connectivity index (χ3v) is 5.55. The Kier molecular flexibility index (Phi) is 5.76. The molecule has 2 aromatic heterocycles. The van der Waals surface area contributed by atoms with Gasteiger partial charge in [0.1, 0.15) is 6.07 Å². The molecule has 11 heteroatoms. The predicted octanol–water partition coefficient (Wildman–Crippen LogP) is 3.71. The fourth-order valence-corrected chi connectivity index (χ4v) is 3.88. The smallest absolute Gasteiger partial charge is 0.358 e. The lowest BCUT2D eigenvalue weighted by molar-refractivity contribution is -0.0221. The van der Waals surface area contributed by atoms with Crippen LogP contribution in [0.3, 0.4) is 0 Å². The minimum Gasteiger partial charge on any atom is -0.476 e. The number of hydrogen-bond acceptors (Lipinski definition) is 8. The van der Waals surface area contributed by atoms with Crippen molar-refractivity contribution in [3.05, 3.63) is 47.0 Å². The van der Waals surface area contributed by atoms with Crippen molar-refractivity contribution in [2.24, 2.45) is 0 Å². The van der Waals surface area contributed by atoms with E-state index in [0.717, 1.165) is 5.56 Å². The Hall–Kier alpha value is -3.94. The first-order chi connectivity index (χ1) is 15.7. The highest BCUT2D eigenvalue weighted by Crippen LogP contribution is 2.33. The number of hydrogen-bond donors (Lipinski definition) is 2. The van der Waals surface area contributed by atoms with Crippen molar-refractivity contribution in [3.63, 3.8) is 0 Å². The quantitative estimate of drug-likeness (QED) is 0.594. The van der Waals surface area contributed by atoms with Gasteiger partial charge in [0, 0.05) is 43.9 Å². The van der Waals surface area contributed by atoms with Crippen LogP contribution in [0.15, 0.2) is 24.5 Å². The molecule has 0 saturated carbocycles. The van der Waals surface area contributed by atoms with Crippen molar-refractivity contribution in [2.75, 3.05) is 23.3 Å². The first kappa shape index (κ1) is 22.3. The number of nitrogens with one attached hydrogen (secondary N) is 1. The van der Waals surface area contributed by atoms with Crippen molar-refractivity contribution in [2.45, 2.75) is 38.7 Å². The molecule has 0 unspecified atom stereocenters. The zero-order valence-corrected chi connectivity index (χ0v) is 18.0. The molecule has 2 N–H and O–H groups in total. The highest BCUT2D eigenvalue weighted by atomic mass is 19.3. The average molecular weight is 453 g/mol. The number of benzene rings is 1. The number of carbonyl (C=O) groups is 1. The van der Waals surface area contributed by atoms with E-state index in [1.165, 1.54) is 12.4 Å². The molecular weight excluding hydrogens is 432 g/mol. The van der Waals surface area contributed by atoms with E-state index in [1.807, 2.05) is 26.0 Å². The molecule has 0 amide bonds. The van der Waals surface area contributed by atoms with Gasteiger partial charge >= 0.3 is 5.97 Å². The summed E-state index contributed by atoms with van der Waals surface area (Å²) < 4.78 is 27.3. The number of aryl methyl sites for hydroxylation is 1. The van der Waals surface area contributed by atoms with Crippen LogP contribution in [-0.4, -0.2) is 50.0 Å². The lowest BCUT2D eigenvalue weighted by atomic mass is 10.0. The van der Waals surface area contributed by atoms with Gasteiger partial charge in [0.2, 0.25) is 0 Å². The van der Waals surface area contributed by atoms with E-state index in [0.29, 0.717) is 16.6 Å². The molecule has 1 aliphatic heterocycles. The molecule has 4 rings (SSSR count). The molecule has 3 aromatic rings. The first-order valence-electron chi connectivity index (χ1n) is 10.3. The fraction of sp³-hybridized carbons (Fsp3) is 0.364. The zero-order chi connectivity index (χ0) is 23.8. The molecule has 170 valence electrons. The number of carboxylic acid groups (broad SMARTS) is 1. The van der Waals surface area contributed by atoms with Crippen molar-refractivity contribution in [1.29, 1.82) is 5.26 Å². The van der Waals surface area contributed by atoms with E-state index in [4.69, 9.17) is 0 Å². The molecule has 0 bridgehead atoms. The fourth-order valence-electron chi connectivity index (χ4n) is 3.88. The molecule has 1 fully saturated rings. The summed E-state index contributed by atoms with van der Waals surface area (Å²) in [5.41, 5.74) is 2.41. The van der Waals surface area contributed by atoms with Gasteiger partial charge in [-0.05, 0) is 25.5 Å². The van der Waals surface area contributed by atoms with E-state index in [1.54, 1.807) is 11.0 Å². The van der Waals surface area contributed by atoms with Gasteiger partial charge < -0.3 is 15.3 Å². The maximum absolute atomic E-state index is 13.7. The summed E-state index contributed by atoms with van der Waals surface area (Å²) >= 11 is 0. The maximum Gasteiger partial charge on any atom is 0.358 e. The van der Waals surface area contributed by atoms with Gasteiger partial charge in [-0.1, -0.05) is 6.07 Å². The number of alkyl halides is 2. The molecule has 1 aliphatic rings. The summed E-state index contributed by atoms with van der Waals surface area (Å²) in [7, 11) is 0. The number of nitrogens with zero attached hydrogens (tertiary/aromatic N) is 6. The van der Waals surface area contributed by atoms with Crippen LogP contribution in [0.2, 0.25) is 0 Å². The van der Waals surface area contributed by atoms with Crippen LogP contribution in [0.25, 0.3) is 11.0 Å². The summed E-state index contributed by atoms with van der Waals surface area (Å²) in [4.78, 5) is 30.2. The van der Waals surface area contributed by atoms with E-state index in [2.05, 4.69) is 25.3 Å². The Morgan fingerprint density at radius 1 is 1.24 bits per heavy atom. The number of fused-ring (bicyclic) bond motifs is 1. The van der Waals surface area contributed by atoms with Gasteiger partial charge in [-0.15, -0.1) is 0 Å². The number of piperidine rings is 1. The lowest BCUT2D eigenvalue weighted by Gasteiger charge is -2.33. The summed E-state index contributed by atoms with van der Waals surface area (Å²) in [5.74, 6) is -3.57. The van der Waals surface area contributed by atoms with Crippen molar-refractivity contribution in [3.8, 4) is 6.07 Å². The molecule has 9 nitrogen and oxygen atoms in total. The van der Waals surface area contributed by atoms with Crippen LogP contribution < -0.4 is 10.2 Å². The molecule has 1 aromatic carbocycles. The number of anilines is 2. The Morgan fingerprint density at radius 3 is 2.61 bits per heavy atom. The summed E-state index contributed by atoms with van der Waals surface area (Å²) in [6.07, 6.45) is 2.05. The molecule has 1 saturated heterocycles. The Bertz CT molecular complexity index is 1270. The number of aromatic nitrogens is 4. The van der Waals surface area contributed by atoms with Gasteiger partial charge in [-0.25, -0.2) is 33.5 Å². The second kappa shape index (κ2) is 8.54. The number of nitriles is 1. The molecule has 33 heavy (non-hydrogen) atoms. The largest absolute Gasteiger partial charge is 0.476 e. The molecule has 1 atom stereocenters. The molecule has 0 spiro atoms. The SMILES string of the molecule is Cc1cc([C@@H](C)Nc2nccnc2C(=O)O)c2nc(N3CCC(F)(F)CC3)c(C#N)nc2c1. The topological polar surface area (TPSA) is 128 Å². The van der Waals surface area contributed by atoms with Crippen LogP contribution >= 0.6 is 0 Å². The predicted molar refractivity (Wildman–Crippen MR) is 116 cm³/mol. The van der Waals surface area contributed by atoms with Gasteiger partial charge in [-0.3, -0.25) is 0 Å². The summed E-state index contributed by atoms with van der Waals surface area (Å²) in [5, 5.41) is 22.1. The highest BCUT2D eigenvalue weighted by molar-refractivity contribution is 5.91. The summed E-state index contributed by atoms with van der Waals surface area (Å²) in [6.45, 7) is 3.82. The van der Waals surface area contributed by atoms with Crippen LogP contribution in [-0.2, 0) is 0 Å². The third kappa shape index (κ3) is 4.50. The Morgan fingerprint density at radius 2 is 1.94 bits per heavy atom. The average Bonchev–Trinajstić information content (AvgIpc) is 2.78. The van der Waals surface area contributed by atoms with Crippen molar-refractivity contribution >= 4 is 28.6 Å². The molecular formula is C22H21F2N7O2. The van der Waals surface area contributed by atoms with Gasteiger partial charge in [-0.2, -0.15) is 5.26 Å². The van der Waals surface area contributed by atoms with Crippen LogP contribution in [0.1, 0.15) is 53.1 Å². The normalized spacial score (nSPS) is 16.3. The summed E-state index contributed by atoms with van der Waals surface area (Å²) in [6, 6.07) is 5.26. The minimum atomic E-state index is -2.73. The van der Waals surface area contributed by atoms with Gasteiger partial charge in [0.25, 0.3) is 5.92 Å². The standard InChI is InChI=1S/C22H21F2N7O2/c1-12-9-14(13(2)28-19-18(21(32)33)26-5-6-27-19)17-15(10-12)29-16(11-25)20(30-17)31-7-3-22(23,24)4-8-31/h5-6,9-10,13H,3-4,7-8H2,1-2H3,(H,27,28)(H,32,33)/t13-/m1/s1. The lowest BCUT2D eigenvalue weighted by Crippen LogP contribution is -2.40. The second-order valence-corrected chi connectivity index (χ2v) is 8.00. The highest BCUT2D eigenvalue weighted by Gasteiger charge is 2.35. The third-order valence-electron chi connectivity index (χ3n) is 5.55. The Balaban J connectivity index is 1.77. The van der Waals surface area contributed by atoms with Crippen LogP contribution in [0, 0.1) is 18.3 Å². The molecule has 3 heterocycles. The van der Waals surface area contributed by atoms with E-state index in [9.17, 15) is 23.9 Å². The number of aromatic carboxylic acids is 1. The van der Waals surface area contributed by atoms with Gasteiger partial charge in [0.05, 0.1) is 17.1 Å². The number of carboxylic acids is 1. The van der Waals surface area contributed by atoms with Crippen LogP contribution in [0.5, 0.6) is 0 Å². The first-order valence-corrected chi connectivity index (χ1v) is 10.3. The van der Waals surface area contributed by atoms with E-state index >= 15 is 0 Å². The molecule has 0 aliphatic carbocycles. The van der Waals surface area contributed by atoms with Gasteiger partial charge in [0.15, 0.2) is 23.0 Å².